The van der Waals surface area contributed by atoms with Crippen LogP contribution in [0.25, 0.3) is 11.6 Å². The molecule has 0 spiro atoms. The second-order valence-corrected chi connectivity index (χ2v) is 6.16. The van der Waals surface area contributed by atoms with Gasteiger partial charge in [0.25, 0.3) is 0 Å². The van der Waals surface area contributed by atoms with Crippen molar-refractivity contribution in [3.8, 4) is 0 Å². The zero-order chi connectivity index (χ0) is 14.5. The molecule has 1 heterocycles. The van der Waals surface area contributed by atoms with Crippen LogP contribution < -0.4 is 16.3 Å². The number of aromatic nitrogens is 2. The molecular weight excluding hydrogens is 250 g/mol. The molecule has 0 amide bonds. The largest absolute Gasteiger partial charge is 0.496 e. The lowest BCUT2D eigenvalue weighted by Crippen LogP contribution is -2.34. The van der Waals surface area contributed by atoms with Crippen LogP contribution in [0.1, 0.15) is 20.8 Å². The van der Waals surface area contributed by atoms with Gasteiger partial charge in [-0.05, 0) is 24.6 Å². The molecule has 0 aliphatic heterocycles. The van der Waals surface area contributed by atoms with Crippen molar-refractivity contribution in [3.05, 3.63) is 40.2 Å². The van der Waals surface area contributed by atoms with Crippen LogP contribution in [-0.2, 0) is 11.3 Å². The Morgan fingerprint density at radius 3 is 2.85 bits per heavy atom. The molecule has 1 atom stereocenters. The Labute approximate surface area is 118 Å². The molecule has 1 unspecified atom stereocenters. The molecule has 4 heteroatoms. The Hall–Kier alpha value is -1.81. The summed E-state index contributed by atoms with van der Waals surface area (Å²) in [7, 11) is 1.72. The first kappa shape index (κ1) is 13.2. The maximum Gasteiger partial charge on any atom is 0.126 e. The second kappa shape index (κ2) is 4.35. The van der Waals surface area contributed by atoms with E-state index in [2.05, 4.69) is 37.2 Å². The van der Waals surface area contributed by atoms with Gasteiger partial charge in [0.2, 0.25) is 0 Å². The number of methoxy groups -OCH3 is 1. The molecule has 0 bridgehead atoms. The molecule has 106 valence electrons. The number of ether oxygens (including phenoxy) is 1. The molecule has 4 nitrogen and oxygen atoms in total. The predicted octanol–water partition coefficient (Wildman–Crippen LogP) is 0.672. The van der Waals surface area contributed by atoms with Gasteiger partial charge in [-0.1, -0.05) is 19.9 Å². The van der Waals surface area contributed by atoms with E-state index >= 15 is 0 Å². The second-order valence-electron chi connectivity index (χ2n) is 6.16. The molecular formula is C16H21N3O. The van der Waals surface area contributed by atoms with Crippen LogP contribution in [0.5, 0.6) is 0 Å². The Morgan fingerprint density at radius 1 is 1.45 bits per heavy atom. The summed E-state index contributed by atoms with van der Waals surface area (Å²) in [4.78, 5) is 0. The molecule has 0 radical (unpaired) electrons. The van der Waals surface area contributed by atoms with Crippen LogP contribution in [0.4, 0.5) is 0 Å². The number of nitrogens with zero attached hydrogens (tertiary/aromatic N) is 2. The lowest BCUT2D eigenvalue weighted by molar-refractivity contribution is 0.302. The minimum atomic E-state index is -0.0126. The molecule has 2 aliphatic carbocycles. The number of fused-ring (bicyclic) bond motifs is 2. The summed E-state index contributed by atoms with van der Waals surface area (Å²) >= 11 is 0. The van der Waals surface area contributed by atoms with E-state index in [0.29, 0.717) is 0 Å². The highest BCUT2D eigenvalue weighted by Gasteiger charge is 2.32. The summed E-state index contributed by atoms with van der Waals surface area (Å²) in [6, 6.07) is 0.0852. The topological polar surface area (TPSA) is 53.1 Å². The third-order valence-electron chi connectivity index (χ3n) is 3.94. The van der Waals surface area contributed by atoms with Gasteiger partial charge in [0.05, 0.1) is 25.2 Å². The van der Waals surface area contributed by atoms with Gasteiger partial charge in [-0.25, -0.2) is 0 Å². The molecule has 20 heavy (non-hydrogen) atoms. The van der Waals surface area contributed by atoms with Crippen molar-refractivity contribution in [2.45, 2.75) is 33.4 Å². The molecule has 0 saturated heterocycles. The lowest BCUT2D eigenvalue weighted by Gasteiger charge is -2.28. The normalized spacial score (nSPS) is 20.6. The number of hydrogen-bond acceptors (Lipinski definition) is 3. The van der Waals surface area contributed by atoms with Crippen LogP contribution in [0.2, 0.25) is 0 Å². The van der Waals surface area contributed by atoms with E-state index in [1.807, 2.05) is 17.8 Å². The minimum Gasteiger partial charge on any atom is -0.496 e. The van der Waals surface area contributed by atoms with E-state index in [4.69, 9.17) is 10.5 Å². The maximum absolute atomic E-state index is 5.90. The fraction of sp³-hybridized carbons (Fsp3) is 0.438. The Kier molecular flexibility index (Phi) is 2.87. The van der Waals surface area contributed by atoms with E-state index in [9.17, 15) is 0 Å². The summed E-state index contributed by atoms with van der Waals surface area (Å²) in [5, 5.41) is 6.82. The Morgan fingerprint density at radius 2 is 2.20 bits per heavy atom. The first-order valence-electron chi connectivity index (χ1n) is 6.96. The third-order valence-corrected chi connectivity index (χ3v) is 3.94. The van der Waals surface area contributed by atoms with E-state index in [1.54, 1.807) is 7.11 Å². The molecule has 0 saturated carbocycles. The summed E-state index contributed by atoms with van der Waals surface area (Å²) in [5.74, 6) is 0.919. The molecule has 3 rings (SSSR count). The van der Waals surface area contributed by atoms with Crippen LogP contribution in [0, 0.1) is 5.41 Å². The number of hydrogen-bond donors (Lipinski definition) is 1. The van der Waals surface area contributed by atoms with Crippen molar-refractivity contribution in [1.29, 1.82) is 0 Å². The van der Waals surface area contributed by atoms with Crippen molar-refractivity contribution >= 4 is 11.6 Å². The van der Waals surface area contributed by atoms with Crippen molar-refractivity contribution in [3.63, 3.8) is 0 Å². The lowest BCUT2D eigenvalue weighted by atomic mass is 9.77. The Balaban J connectivity index is 2.27. The number of allylic oxidation sites excluding steroid dienone is 3. The summed E-state index contributed by atoms with van der Waals surface area (Å²) in [5.41, 5.74) is 8.35. The minimum absolute atomic E-state index is 0.0126. The summed E-state index contributed by atoms with van der Waals surface area (Å²) in [6.07, 6.45) is 8.37. The highest BCUT2D eigenvalue weighted by molar-refractivity contribution is 5.87. The van der Waals surface area contributed by atoms with E-state index < -0.39 is 0 Å². The Bertz CT molecular complexity index is 732. The van der Waals surface area contributed by atoms with Gasteiger partial charge in [-0.2, -0.15) is 5.10 Å². The van der Waals surface area contributed by atoms with Crippen LogP contribution in [0.15, 0.2) is 29.7 Å². The van der Waals surface area contributed by atoms with Gasteiger partial charge in [0, 0.05) is 22.2 Å². The number of rotatable bonds is 3. The quantitative estimate of drug-likeness (QED) is 0.879. The molecule has 0 fully saturated rings. The monoisotopic (exact) mass is 271 g/mol. The highest BCUT2D eigenvalue weighted by atomic mass is 16.5. The van der Waals surface area contributed by atoms with Crippen molar-refractivity contribution < 1.29 is 4.74 Å². The van der Waals surface area contributed by atoms with Crippen LogP contribution >= 0.6 is 0 Å². The van der Waals surface area contributed by atoms with Gasteiger partial charge < -0.3 is 10.5 Å². The van der Waals surface area contributed by atoms with Crippen molar-refractivity contribution in [1.82, 2.24) is 9.78 Å². The highest BCUT2D eigenvalue weighted by Crippen LogP contribution is 2.41. The third kappa shape index (κ3) is 1.83. The zero-order valence-electron chi connectivity index (χ0n) is 12.5. The molecule has 2 aliphatic rings. The first-order valence-corrected chi connectivity index (χ1v) is 6.96. The average Bonchev–Trinajstić information content (AvgIpc) is 2.90. The van der Waals surface area contributed by atoms with Crippen molar-refractivity contribution in [2.24, 2.45) is 11.1 Å². The van der Waals surface area contributed by atoms with E-state index in [1.165, 1.54) is 16.4 Å². The molecule has 0 aromatic carbocycles. The maximum atomic E-state index is 5.90. The van der Waals surface area contributed by atoms with Gasteiger partial charge >= 0.3 is 0 Å². The smallest absolute Gasteiger partial charge is 0.126 e. The van der Waals surface area contributed by atoms with Gasteiger partial charge in [0.15, 0.2) is 0 Å². The SMILES string of the molecule is COC1=C2C=c3c(cnn3CC(C)N)=C2C(C)(C)C=C1. The average molecular weight is 271 g/mol. The van der Waals surface area contributed by atoms with Gasteiger partial charge in [-0.3, -0.25) is 4.68 Å². The standard InChI is InChI=1S/C16H21N3O/c1-10(17)9-19-13-7-11-14(20-4)5-6-16(2,3)15(11)12(13)8-18-19/h5-8,10H,9,17H2,1-4H3. The van der Waals surface area contributed by atoms with Gasteiger partial charge in [-0.15, -0.1) is 0 Å². The molecule has 1 aromatic rings. The molecule has 2 N–H and O–H groups in total. The fourth-order valence-electron chi connectivity index (χ4n) is 3.04. The van der Waals surface area contributed by atoms with Crippen LogP contribution in [0.3, 0.4) is 0 Å². The fourth-order valence-corrected chi connectivity index (χ4v) is 3.04. The van der Waals surface area contributed by atoms with E-state index in [0.717, 1.165) is 17.7 Å². The summed E-state index contributed by atoms with van der Waals surface area (Å²) < 4.78 is 7.49. The number of nitrogens with two attached hydrogens (primary N) is 1. The van der Waals surface area contributed by atoms with Crippen LogP contribution in [-0.4, -0.2) is 22.9 Å². The van der Waals surface area contributed by atoms with E-state index in [-0.39, 0.29) is 11.5 Å². The van der Waals surface area contributed by atoms with Crippen molar-refractivity contribution in [2.75, 3.05) is 7.11 Å². The zero-order valence-corrected chi connectivity index (χ0v) is 12.5. The molecule has 1 aromatic heterocycles. The predicted molar refractivity (Wildman–Crippen MR) is 80.0 cm³/mol. The van der Waals surface area contributed by atoms with Gasteiger partial charge in [0.1, 0.15) is 5.76 Å². The summed E-state index contributed by atoms with van der Waals surface area (Å²) in [6.45, 7) is 7.16. The first-order chi connectivity index (χ1) is 9.44.